The number of hydrogen-bond donors (Lipinski definition) is 2. The Bertz CT molecular complexity index is 873. The lowest BCUT2D eigenvalue weighted by Crippen LogP contribution is -2.39. The summed E-state index contributed by atoms with van der Waals surface area (Å²) in [6.07, 6.45) is 1.59. The number of aromatic nitrogens is 1. The summed E-state index contributed by atoms with van der Waals surface area (Å²) in [6, 6.07) is 17.7. The molecule has 2 amide bonds. The summed E-state index contributed by atoms with van der Waals surface area (Å²) in [5, 5.41) is 7.04. The number of carbonyl (C=O) groups excluding carboxylic acids is 2. The Hall–Kier alpha value is -3.21. The molecule has 1 unspecified atom stereocenters. The summed E-state index contributed by atoms with van der Waals surface area (Å²) in [5.74, 6) is -0.668. The maximum Gasteiger partial charge on any atom is 0.271 e. The largest absolute Gasteiger partial charge is 0.357 e. The molecule has 0 saturated heterocycles. The Morgan fingerprint density at radius 2 is 1.67 bits per heavy atom. The average molecular weight is 319 g/mol. The van der Waals surface area contributed by atoms with Gasteiger partial charge in [-0.1, -0.05) is 54.6 Å². The molecule has 0 aliphatic carbocycles. The Balaban J connectivity index is 1.95. The summed E-state index contributed by atoms with van der Waals surface area (Å²) < 4.78 is 0. The van der Waals surface area contributed by atoms with Gasteiger partial charge in [0.2, 0.25) is 5.91 Å². The molecule has 0 saturated carbocycles. The van der Waals surface area contributed by atoms with Crippen LogP contribution >= 0.6 is 0 Å². The lowest BCUT2D eigenvalue weighted by molar-refractivity contribution is -0.122. The van der Waals surface area contributed by atoms with E-state index >= 15 is 0 Å². The van der Waals surface area contributed by atoms with E-state index in [-0.39, 0.29) is 11.8 Å². The van der Waals surface area contributed by atoms with Gasteiger partial charge in [0, 0.05) is 18.6 Å². The van der Waals surface area contributed by atoms with Gasteiger partial charge in [0.15, 0.2) is 0 Å². The van der Waals surface area contributed by atoms with Crippen molar-refractivity contribution in [1.82, 2.24) is 15.6 Å². The summed E-state index contributed by atoms with van der Waals surface area (Å²) in [6.45, 7) is 0. The fourth-order valence-electron chi connectivity index (χ4n) is 2.59. The molecule has 0 fully saturated rings. The molecule has 0 aliphatic rings. The molecule has 120 valence electrons. The van der Waals surface area contributed by atoms with Crippen LogP contribution in [0.1, 0.15) is 22.1 Å². The Labute approximate surface area is 139 Å². The Morgan fingerprint density at radius 3 is 2.42 bits per heavy atom. The predicted molar refractivity (Wildman–Crippen MR) is 92.5 cm³/mol. The molecule has 0 bridgehead atoms. The monoisotopic (exact) mass is 319 g/mol. The van der Waals surface area contributed by atoms with Crippen LogP contribution in [-0.2, 0) is 4.79 Å². The van der Waals surface area contributed by atoms with Crippen molar-refractivity contribution < 1.29 is 9.59 Å². The molecule has 5 nitrogen and oxygen atoms in total. The van der Waals surface area contributed by atoms with Crippen LogP contribution in [0.2, 0.25) is 0 Å². The van der Waals surface area contributed by atoms with Gasteiger partial charge in [-0.25, -0.2) is 0 Å². The molecule has 0 aliphatic heterocycles. The van der Waals surface area contributed by atoms with E-state index in [0.717, 1.165) is 10.8 Å². The van der Waals surface area contributed by atoms with E-state index in [1.165, 1.54) is 0 Å². The maximum absolute atomic E-state index is 12.7. The first-order valence-electron chi connectivity index (χ1n) is 7.62. The minimum atomic E-state index is -0.774. The number of amides is 2. The number of carbonyl (C=O) groups is 2. The molecule has 1 heterocycles. The van der Waals surface area contributed by atoms with Crippen molar-refractivity contribution >= 4 is 22.6 Å². The quantitative estimate of drug-likeness (QED) is 0.776. The predicted octanol–water partition coefficient (Wildman–Crippen LogP) is 2.45. The first-order valence-corrected chi connectivity index (χ1v) is 7.62. The number of hydrogen-bond acceptors (Lipinski definition) is 3. The minimum Gasteiger partial charge on any atom is -0.357 e. The van der Waals surface area contributed by atoms with E-state index in [1.807, 2.05) is 48.5 Å². The van der Waals surface area contributed by atoms with Gasteiger partial charge in [0.25, 0.3) is 5.91 Å². The number of nitrogens with one attached hydrogen (secondary N) is 2. The third-order valence-electron chi connectivity index (χ3n) is 3.81. The van der Waals surface area contributed by atoms with E-state index in [2.05, 4.69) is 15.6 Å². The number of rotatable bonds is 4. The topological polar surface area (TPSA) is 71.1 Å². The van der Waals surface area contributed by atoms with Gasteiger partial charge >= 0.3 is 0 Å². The first kappa shape index (κ1) is 15.7. The maximum atomic E-state index is 12.7. The molecule has 3 aromatic rings. The normalized spacial score (nSPS) is 11.7. The second kappa shape index (κ2) is 6.91. The fraction of sp³-hybridized carbons (Fsp3) is 0.105. The van der Waals surface area contributed by atoms with Crippen LogP contribution in [0.4, 0.5) is 0 Å². The zero-order valence-electron chi connectivity index (χ0n) is 13.2. The molecule has 1 aromatic heterocycles. The average Bonchev–Trinajstić information content (AvgIpc) is 2.65. The van der Waals surface area contributed by atoms with Crippen molar-refractivity contribution in [3.63, 3.8) is 0 Å². The standard InChI is InChI=1S/C19H17N3O2/c1-20-18(23)16(14-8-3-2-4-9-14)22-19(24)17-15-10-6-5-7-13(15)11-12-21-17/h2-12,16H,1H3,(H,20,23)(H,22,24). The lowest BCUT2D eigenvalue weighted by Gasteiger charge is -2.18. The van der Waals surface area contributed by atoms with Crippen LogP contribution in [-0.4, -0.2) is 23.8 Å². The van der Waals surface area contributed by atoms with Gasteiger partial charge in [-0.3, -0.25) is 14.6 Å². The van der Waals surface area contributed by atoms with Crippen molar-refractivity contribution in [3.05, 3.63) is 78.1 Å². The second-order valence-corrected chi connectivity index (χ2v) is 5.31. The SMILES string of the molecule is CNC(=O)C(NC(=O)c1nccc2ccccc12)c1ccccc1. The van der Waals surface area contributed by atoms with Crippen LogP contribution in [0.15, 0.2) is 66.9 Å². The van der Waals surface area contributed by atoms with Crippen molar-refractivity contribution in [3.8, 4) is 0 Å². The smallest absolute Gasteiger partial charge is 0.271 e. The van der Waals surface area contributed by atoms with E-state index in [0.29, 0.717) is 11.3 Å². The lowest BCUT2D eigenvalue weighted by atomic mass is 10.1. The molecule has 0 spiro atoms. The van der Waals surface area contributed by atoms with Gasteiger partial charge in [-0.15, -0.1) is 0 Å². The molecular weight excluding hydrogens is 302 g/mol. The Morgan fingerprint density at radius 1 is 0.958 bits per heavy atom. The van der Waals surface area contributed by atoms with Crippen LogP contribution in [0.25, 0.3) is 10.8 Å². The molecule has 3 rings (SSSR count). The zero-order valence-corrected chi connectivity index (χ0v) is 13.2. The van der Waals surface area contributed by atoms with Crippen LogP contribution < -0.4 is 10.6 Å². The third-order valence-corrected chi connectivity index (χ3v) is 3.81. The summed E-state index contributed by atoms with van der Waals surface area (Å²) in [5.41, 5.74) is 1.02. The number of pyridine rings is 1. The highest BCUT2D eigenvalue weighted by atomic mass is 16.2. The van der Waals surface area contributed by atoms with Crippen molar-refractivity contribution in [1.29, 1.82) is 0 Å². The summed E-state index contributed by atoms with van der Waals surface area (Å²) >= 11 is 0. The highest BCUT2D eigenvalue weighted by Crippen LogP contribution is 2.18. The van der Waals surface area contributed by atoms with Gasteiger partial charge in [0.1, 0.15) is 11.7 Å². The van der Waals surface area contributed by atoms with E-state index in [9.17, 15) is 9.59 Å². The number of nitrogens with zero attached hydrogens (tertiary/aromatic N) is 1. The molecule has 24 heavy (non-hydrogen) atoms. The first-order chi connectivity index (χ1) is 11.7. The fourth-order valence-corrected chi connectivity index (χ4v) is 2.59. The van der Waals surface area contributed by atoms with Crippen molar-refractivity contribution in [2.45, 2.75) is 6.04 Å². The molecule has 1 atom stereocenters. The van der Waals surface area contributed by atoms with Gasteiger partial charge < -0.3 is 10.6 Å². The molecule has 5 heteroatoms. The van der Waals surface area contributed by atoms with Gasteiger partial charge in [-0.05, 0) is 17.0 Å². The van der Waals surface area contributed by atoms with Crippen LogP contribution in [0.3, 0.4) is 0 Å². The number of likely N-dealkylation sites (N-methyl/N-ethyl adjacent to an activating group) is 1. The minimum absolute atomic E-state index is 0.283. The van der Waals surface area contributed by atoms with Crippen molar-refractivity contribution in [2.24, 2.45) is 0 Å². The van der Waals surface area contributed by atoms with Crippen LogP contribution in [0, 0.1) is 0 Å². The number of fused-ring (bicyclic) bond motifs is 1. The van der Waals surface area contributed by atoms with E-state index in [4.69, 9.17) is 0 Å². The van der Waals surface area contributed by atoms with E-state index < -0.39 is 6.04 Å². The Kier molecular flexibility index (Phi) is 4.52. The highest BCUT2D eigenvalue weighted by Gasteiger charge is 2.23. The molecular formula is C19H17N3O2. The van der Waals surface area contributed by atoms with Gasteiger partial charge in [-0.2, -0.15) is 0 Å². The van der Waals surface area contributed by atoms with Gasteiger partial charge in [0.05, 0.1) is 0 Å². The van der Waals surface area contributed by atoms with E-state index in [1.54, 1.807) is 25.4 Å². The third kappa shape index (κ3) is 3.10. The van der Waals surface area contributed by atoms with Crippen LogP contribution in [0.5, 0.6) is 0 Å². The molecule has 0 radical (unpaired) electrons. The number of benzene rings is 2. The zero-order chi connectivity index (χ0) is 16.9. The summed E-state index contributed by atoms with van der Waals surface area (Å²) in [4.78, 5) is 29.1. The summed E-state index contributed by atoms with van der Waals surface area (Å²) in [7, 11) is 1.54. The van der Waals surface area contributed by atoms with Crippen molar-refractivity contribution in [2.75, 3.05) is 7.05 Å². The molecule has 2 aromatic carbocycles. The second-order valence-electron chi connectivity index (χ2n) is 5.31. The highest BCUT2D eigenvalue weighted by molar-refractivity contribution is 6.06. The molecule has 2 N–H and O–H groups in total.